The van der Waals surface area contributed by atoms with E-state index in [0.29, 0.717) is 10.6 Å². The molecule has 0 aliphatic carbocycles. The number of carbonyl (C=O) groups is 1. The topological polar surface area (TPSA) is 95.2 Å². The normalized spacial score (nSPS) is 17.1. The number of allylic oxidation sites excluding steroid dienone is 1. The molecule has 2 aromatic carbocycles. The van der Waals surface area contributed by atoms with Crippen LogP contribution < -0.4 is 9.64 Å². The Labute approximate surface area is 204 Å². The summed E-state index contributed by atoms with van der Waals surface area (Å²) < 4.78 is 51.7. The number of amidine groups is 1. The van der Waals surface area contributed by atoms with Crippen LogP contribution in [-0.4, -0.2) is 42.8 Å². The molecule has 0 radical (unpaired) electrons. The maximum Gasteiger partial charge on any atom is 0.431 e. The Hall–Kier alpha value is -3.55. The molecule has 0 saturated heterocycles. The number of nitriles is 1. The van der Waals surface area contributed by atoms with Gasteiger partial charge in [-0.1, -0.05) is 23.7 Å². The van der Waals surface area contributed by atoms with Crippen LogP contribution in [0.1, 0.15) is 24.5 Å². The Morgan fingerprint density at radius 3 is 2.63 bits per heavy atom. The first-order chi connectivity index (χ1) is 16.6. The van der Waals surface area contributed by atoms with Gasteiger partial charge in [0.15, 0.2) is 0 Å². The maximum absolute atomic E-state index is 13.8. The molecule has 7 nitrogen and oxygen atoms in total. The van der Waals surface area contributed by atoms with Crippen molar-refractivity contribution in [2.75, 3.05) is 18.6 Å². The molecule has 0 aromatic heterocycles. The van der Waals surface area contributed by atoms with Crippen LogP contribution in [0, 0.1) is 11.3 Å². The summed E-state index contributed by atoms with van der Waals surface area (Å²) in [7, 11) is 1.60. The van der Waals surface area contributed by atoms with Gasteiger partial charge >= 0.3 is 12.1 Å². The Kier molecular flexibility index (Phi) is 8.04. The van der Waals surface area contributed by atoms with Crippen LogP contribution in [0.5, 0.6) is 5.75 Å². The van der Waals surface area contributed by atoms with Crippen LogP contribution in [-0.2, 0) is 16.1 Å². The lowest BCUT2D eigenvalue weighted by Crippen LogP contribution is -2.46. The smallest absolute Gasteiger partial charge is 0.431 e. The van der Waals surface area contributed by atoms with Gasteiger partial charge in [-0.2, -0.15) is 18.4 Å². The number of anilines is 1. The molecule has 0 saturated carbocycles. The minimum atomic E-state index is -4.66. The summed E-state index contributed by atoms with van der Waals surface area (Å²) in [6.45, 7) is 1.03. The number of aliphatic carboxylic acids is 1. The SMILES string of the molecule is CC1=C(C(F)(F)F)N2C(=NC1)[C@H](CC(=O)O)OCc1cc(C#N)ccc12.COc1ccccc1Cl. The van der Waals surface area contributed by atoms with Gasteiger partial charge in [0, 0.05) is 5.56 Å². The molecule has 0 amide bonds. The number of halogens is 4. The molecule has 2 aromatic rings. The van der Waals surface area contributed by atoms with Crippen molar-refractivity contribution in [2.45, 2.75) is 32.2 Å². The van der Waals surface area contributed by atoms with Crippen molar-refractivity contribution in [3.8, 4) is 11.8 Å². The molecule has 0 bridgehead atoms. The number of ether oxygens (including phenoxy) is 2. The van der Waals surface area contributed by atoms with Gasteiger partial charge in [-0.3, -0.25) is 14.7 Å². The van der Waals surface area contributed by atoms with Crippen molar-refractivity contribution < 1.29 is 32.5 Å². The molecule has 1 atom stereocenters. The van der Waals surface area contributed by atoms with Crippen LogP contribution in [0.25, 0.3) is 0 Å². The zero-order valence-electron chi connectivity index (χ0n) is 18.8. The van der Waals surface area contributed by atoms with Crippen molar-refractivity contribution in [3.05, 3.63) is 69.9 Å². The first-order valence-corrected chi connectivity index (χ1v) is 10.7. The van der Waals surface area contributed by atoms with Crippen molar-refractivity contribution >= 4 is 29.1 Å². The van der Waals surface area contributed by atoms with Gasteiger partial charge in [-0.05, 0) is 42.8 Å². The van der Waals surface area contributed by atoms with E-state index >= 15 is 0 Å². The molecule has 1 N–H and O–H groups in total. The molecule has 2 aliphatic heterocycles. The molecule has 11 heteroatoms. The highest BCUT2D eigenvalue weighted by atomic mass is 35.5. The standard InChI is InChI=1S/C17H14F3N3O3.C7H7ClO/c1-9-7-22-16-13(5-14(24)25)26-8-11-4-10(6-21)2-3-12(11)23(16)15(9)17(18,19)20;1-9-7-5-3-2-4-6(7)8/h2-4,13H,5,7-8H2,1H3,(H,24,25);2-5H,1H3/t13-;/m0./s1. The largest absolute Gasteiger partial charge is 0.495 e. The predicted octanol–water partition coefficient (Wildman–Crippen LogP) is 5.34. The van der Waals surface area contributed by atoms with Crippen LogP contribution in [0.3, 0.4) is 0 Å². The second-order valence-electron chi connectivity index (χ2n) is 7.62. The quantitative estimate of drug-likeness (QED) is 0.603. The Balaban J connectivity index is 0.000000320. The average Bonchev–Trinajstić information content (AvgIpc) is 2.95. The van der Waals surface area contributed by atoms with Gasteiger partial charge in [0.05, 0.1) is 49.0 Å². The van der Waals surface area contributed by atoms with Crippen molar-refractivity contribution in [2.24, 2.45) is 4.99 Å². The van der Waals surface area contributed by atoms with Gasteiger partial charge in [-0.15, -0.1) is 0 Å². The number of benzene rings is 2. The summed E-state index contributed by atoms with van der Waals surface area (Å²) in [5, 5.41) is 18.8. The summed E-state index contributed by atoms with van der Waals surface area (Å²) >= 11 is 5.70. The highest BCUT2D eigenvalue weighted by Gasteiger charge is 2.46. The van der Waals surface area contributed by atoms with E-state index in [2.05, 4.69) is 4.99 Å². The van der Waals surface area contributed by atoms with E-state index in [0.717, 1.165) is 10.6 Å². The van der Waals surface area contributed by atoms with E-state index in [4.69, 9.17) is 31.4 Å². The van der Waals surface area contributed by atoms with Gasteiger partial charge in [0.25, 0.3) is 0 Å². The van der Waals surface area contributed by atoms with Gasteiger partial charge in [-0.25, -0.2) is 0 Å². The number of methoxy groups -OCH3 is 1. The van der Waals surface area contributed by atoms with E-state index in [1.54, 1.807) is 13.2 Å². The predicted molar refractivity (Wildman–Crippen MR) is 124 cm³/mol. The van der Waals surface area contributed by atoms with E-state index in [1.165, 1.54) is 25.1 Å². The minimum Gasteiger partial charge on any atom is -0.495 e. The van der Waals surface area contributed by atoms with E-state index in [-0.39, 0.29) is 35.8 Å². The number of carboxylic acid groups (broad SMARTS) is 1. The summed E-state index contributed by atoms with van der Waals surface area (Å²) in [4.78, 5) is 16.2. The molecular weight excluding hydrogens is 487 g/mol. The number of rotatable bonds is 3. The number of nitrogens with zero attached hydrogens (tertiary/aromatic N) is 3. The molecule has 2 heterocycles. The van der Waals surface area contributed by atoms with Crippen molar-refractivity contribution in [1.82, 2.24) is 0 Å². The van der Waals surface area contributed by atoms with E-state index in [9.17, 15) is 18.0 Å². The van der Waals surface area contributed by atoms with Crippen molar-refractivity contribution in [3.63, 3.8) is 0 Å². The Morgan fingerprint density at radius 1 is 1.34 bits per heavy atom. The number of hydrogen-bond acceptors (Lipinski definition) is 6. The Morgan fingerprint density at radius 2 is 2.06 bits per heavy atom. The van der Waals surface area contributed by atoms with Gasteiger partial charge in [0.1, 0.15) is 23.4 Å². The Bertz CT molecular complexity index is 1220. The third-order valence-electron chi connectivity index (χ3n) is 5.20. The highest BCUT2D eigenvalue weighted by molar-refractivity contribution is 6.32. The lowest BCUT2D eigenvalue weighted by atomic mass is 10.0. The van der Waals surface area contributed by atoms with Gasteiger partial charge in [0.2, 0.25) is 0 Å². The molecule has 35 heavy (non-hydrogen) atoms. The molecule has 0 spiro atoms. The zero-order chi connectivity index (χ0) is 25.8. The fourth-order valence-corrected chi connectivity index (χ4v) is 3.89. The fourth-order valence-electron chi connectivity index (χ4n) is 3.68. The molecule has 0 unspecified atom stereocenters. The first-order valence-electron chi connectivity index (χ1n) is 10.3. The summed E-state index contributed by atoms with van der Waals surface area (Å²) in [6, 6.07) is 13.5. The number of para-hydroxylation sites is 1. The van der Waals surface area contributed by atoms with Crippen LogP contribution in [0.2, 0.25) is 5.02 Å². The number of hydrogen-bond donors (Lipinski definition) is 1. The van der Waals surface area contributed by atoms with E-state index in [1.807, 2.05) is 24.3 Å². The monoisotopic (exact) mass is 507 g/mol. The molecule has 0 fully saturated rings. The summed E-state index contributed by atoms with van der Waals surface area (Å²) in [5.41, 5.74) is -0.0567. The summed E-state index contributed by atoms with van der Waals surface area (Å²) in [6.07, 6.45) is -6.30. The molecular formula is C24H21ClF3N3O4. The van der Waals surface area contributed by atoms with Crippen LogP contribution >= 0.6 is 11.6 Å². The zero-order valence-corrected chi connectivity index (χ0v) is 19.5. The average molecular weight is 508 g/mol. The molecule has 184 valence electrons. The second-order valence-corrected chi connectivity index (χ2v) is 8.03. The first kappa shape index (κ1) is 26.1. The highest BCUT2D eigenvalue weighted by Crippen LogP contribution is 2.41. The second kappa shape index (κ2) is 10.8. The van der Waals surface area contributed by atoms with Gasteiger partial charge < -0.3 is 14.6 Å². The molecule has 2 aliphatic rings. The number of alkyl halides is 3. The summed E-state index contributed by atoms with van der Waals surface area (Å²) in [5.74, 6) is -0.575. The van der Waals surface area contributed by atoms with Crippen LogP contribution in [0.4, 0.5) is 18.9 Å². The molecule has 4 rings (SSSR count). The lowest BCUT2D eigenvalue weighted by Gasteiger charge is -2.35. The van der Waals surface area contributed by atoms with E-state index < -0.39 is 30.4 Å². The number of carboxylic acids is 1. The van der Waals surface area contributed by atoms with Crippen LogP contribution in [0.15, 0.2) is 58.7 Å². The lowest BCUT2D eigenvalue weighted by molar-refractivity contribution is -0.139. The minimum absolute atomic E-state index is 0.0209. The fraction of sp³-hybridized carbons (Fsp3) is 0.292. The van der Waals surface area contributed by atoms with Crippen molar-refractivity contribution in [1.29, 1.82) is 5.26 Å². The third-order valence-corrected chi connectivity index (χ3v) is 5.51. The maximum atomic E-state index is 13.8. The number of fused-ring (bicyclic) bond motifs is 3. The number of aliphatic imine (C=N–C) groups is 1. The third kappa shape index (κ3) is 5.93.